The Morgan fingerprint density at radius 1 is 1.00 bits per heavy atom. The molecule has 2 aromatic carbocycles. The molecule has 0 spiro atoms. The molecule has 140 valence electrons. The summed E-state index contributed by atoms with van der Waals surface area (Å²) in [5.74, 6) is 0.908. The summed E-state index contributed by atoms with van der Waals surface area (Å²) in [6.07, 6.45) is 0. The zero-order chi connectivity index (χ0) is 18.9. The first-order valence-corrected chi connectivity index (χ1v) is 8.24. The average Bonchev–Trinajstić information content (AvgIpc) is 2.66. The van der Waals surface area contributed by atoms with E-state index in [4.69, 9.17) is 9.47 Å². The minimum atomic E-state index is -0.488. The molecule has 0 aliphatic heterocycles. The van der Waals surface area contributed by atoms with Crippen molar-refractivity contribution in [1.29, 1.82) is 0 Å². The molecule has 0 radical (unpaired) electrons. The maximum atomic E-state index is 13.7. The van der Waals surface area contributed by atoms with Crippen molar-refractivity contribution in [3.8, 4) is 11.5 Å². The van der Waals surface area contributed by atoms with E-state index in [-0.39, 0.29) is 12.1 Å². The van der Waals surface area contributed by atoms with E-state index in [1.807, 2.05) is 19.1 Å². The van der Waals surface area contributed by atoms with Crippen LogP contribution in [-0.2, 0) is 13.1 Å². The van der Waals surface area contributed by atoms with Crippen LogP contribution in [-0.4, -0.2) is 26.7 Å². The Morgan fingerprint density at radius 3 is 2.50 bits per heavy atom. The summed E-state index contributed by atoms with van der Waals surface area (Å²) in [7, 11) is 3.18. The Hall–Kier alpha value is -2.83. The second-order valence-corrected chi connectivity index (χ2v) is 5.46. The van der Waals surface area contributed by atoms with Crippen LogP contribution in [0.25, 0.3) is 0 Å². The molecule has 2 rings (SSSR count). The normalized spacial score (nSPS) is 11.2. The molecule has 26 heavy (non-hydrogen) atoms. The lowest BCUT2D eigenvalue weighted by atomic mass is 10.2. The zero-order valence-corrected chi connectivity index (χ0v) is 15.1. The van der Waals surface area contributed by atoms with Crippen molar-refractivity contribution in [2.24, 2.45) is 4.99 Å². The molecule has 0 aliphatic carbocycles. The van der Waals surface area contributed by atoms with Crippen molar-refractivity contribution < 1.29 is 18.3 Å². The van der Waals surface area contributed by atoms with Gasteiger partial charge in [0, 0.05) is 30.3 Å². The van der Waals surface area contributed by atoms with Gasteiger partial charge in [0.15, 0.2) is 5.96 Å². The molecule has 0 atom stereocenters. The smallest absolute Gasteiger partial charge is 0.191 e. The molecule has 0 saturated carbocycles. The van der Waals surface area contributed by atoms with Gasteiger partial charge in [0.05, 0.1) is 20.8 Å². The van der Waals surface area contributed by atoms with Crippen LogP contribution >= 0.6 is 0 Å². The van der Waals surface area contributed by atoms with E-state index < -0.39 is 11.6 Å². The second-order valence-electron chi connectivity index (χ2n) is 5.46. The molecule has 5 nitrogen and oxygen atoms in total. The Bertz CT molecular complexity index is 766. The Balaban J connectivity index is 2.09. The van der Waals surface area contributed by atoms with E-state index in [9.17, 15) is 8.78 Å². The van der Waals surface area contributed by atoms with E-state index in [1.165, 1.54) is 0 Å². The number of hydrogen-bond donors (Lipinski definition) is 2. The molecule has 2 N–H and O–H groups in total. The molecule has 0 unspecified atom stereocenters. The fourth-order valence-electron chi connectivity index (χ4n) is 2.35. The molecule has 0 amide bonds. The molecule has 0 bridgehead atoms. The van der Waals surface area contributed by atoms with Gasteiger partial charge >= 0.3 is 0 Å². The Kier molecular flexibility index (Phi) is 7.20. The van der Waals surface area contributed by atoms with Crippen LogP contribution < -0.4 is 20.1 Å². The quantitative estimate of drug-likeness (QED) is 0.586. The number of halogens is 2. The SMILES string of the molecule is CCNC(=NCc1cc(F)ccc1F)NCc1ccc(OC)cc1OC. The minimum Gasteiger partial charge on any atom is -0.497 e. The molecule has 0 fully saturated rings. The summed E-state index contributed by atoms with van der Waals surface area (Å²) in [5.41, 5.74) is 1.11. The van der Waals surface area contributed by atoms with Crippen molar-refractivity contribution in [1.82, 2.24) is 10.6 Å². The molecule has 0 aliphatic rings. The van der Waals surface area contributed by atoms with Crippen molar-refractivity contribution >= 4 is 5.96 Å². The number of methoxy groups -OCH3 is 2. The third-order valence-electron chi connectivity index (χ3n) is 3.70. The number of rotatable bonds is 7. The van der Waals surface area contributed by atoms with Gasteiger partial charge in [-0.1, -0.05) is 0 Å². The van der Waals surface area contributed by atoms with Gasteiger partial charge in [-0.25, -0.2) is 13.8 Å². The molecular weight excluding hydrogens is 340 g/mol. The van der Waals surface area contributed by atoms with Gasteiger partial charge in [-0.05, 0) is 37.3 Å². The van der Waals surface area contributed by atoms with Crippen LogP contribution in [0.5, 0.6) is 11.5 Å². The lowest BCUT2D eigenvalue weighted by molar-refractivity contribution is 0.390. The summed E-state index contributed by atoms with van der Waals surface area (Å²) >= 11 is 0. The Morgan fingerprint density at radius 2 is 1.81 bits per heavy atom. The lowest BCUT2D eigenvalue weighted by Gasteiger charge is -2.14. The monoisotopic (exact) mass is 363 g/mol. The van der Waals surface area contributed by atoms with Crippen LogP contribution in [0.3, 0.4) is 0 Å². The summed E-state index contributed by atoms with van der Waals surface area (Å²) in [6.45, 7) is 3.04. The highest BCUT2D eigenvalue weighted by molar-refractivity contribution is 5.79. The lowest BCUT2D eigenvalue weighted by Crippen LogP contribution is -2.36. The van der Waals surface area contributed by atoms with Crippen molar-refractivity contribution in [3.63, 3.8) is 0 Å². The molecule has 0 heterocycles. The van der Waals surface area contributed by atoms with Gasteiger partial charge in [0.25, 0.3) is 0 Å². The maximum Gasteiger partial charge on any atom is 0.191 e. The van der Waals surface area contributed by atoms with Gasteiger partial charge in [0.2, 0.25) is 0 Å². The molecule has 0 saturated heterocycles. The summed E-state index contributed by atoms with van der Waals surface area (Å²) in [4.78, 5) is 4.31. The van der Waals surface area contributed by atoms with Crippen LogP contribution in [0.4, 0.5) is 8.78 Å². The van der Waals surface area contributed by atoms with Gasteiger partial charge in [-0.15, -0.1) is 0 Å². The topological polar surface area (TPSA) is 54.9 Å². The fourth-order valence-corrected chi connectivity index (χ4v) is 2.35. The number of nitrogens with one attached hydrogen (secondary N) is 2. The third kappa shape index (κ3) is 5.34. The zero-order valence-electron chi connectivity index (χ0n) is 15.1. The van der Waals surface area contributed by atoms with Crippen molar-refractivity contribution in [3.05, 3.63) is 59.2 Å². The van der Waals surface area contributed by atoms with E-state index >= 15 is 0 Å². The molecule has 0 aromatic heterocycles. The number of hydrogen-bond acceptors (Lipinski definition) is 3. The van der Waals surface area contributed by atoms with Gasteiger partial charge < -0.3 is 20.1 Å². The first-order valence-electron chi connectivity index (χ1n) is 8.24. The number of ether oxygens (including phenoxy) is 2. The predicted octanol–water partition coefficient (Wildman–Crippen LogP) is 3.24. The fraction of sp³-hybridized carbons (Fsp3) is 0.316. The Labute approximate surface area is 152 Å². The van der Waals surface area contributed by atoms with Gasteiger partial charge in [-0.2, -0.15) is 0 Å². The van der Waals surface area contributed by atoms with Crippen LogP contribution in [0.1, 0.15) is 18.1 Å². The third-order valence-corrected chi connectivity index (χ3v) is 3.70. The number of benzene rings is 2. The average molecular weight is 363 g/mol. The van der Waals surface area contributed by atoms with E-state index in [1.54, 1.807) is 20.3 Å². The van der Waals surface area contributed by atoms with Crippen molar-refractivity contribution in [2.75, 3.05) is 20.8 Å². The number of nitrogens with zero attached hydrogens (tertiary/aromatic N) is 1. The first kappa shape index (κ1) is 19.5. The van der Waals surface area contributed by atoms with Gasteiger partial charge in [0.1, 0.15) is 23.1 Å². The highest BCUT2D eigenvalue weighted by Crippen LogP contribution is 2.24. The second kappa shape index (κ2) is 9.60. The van der Waals surface area contributed by atoms with Crippen LogP contribution in [0, 0.1) is 11.6 Å². The van der Waals surface area contributed by atoms with Crippen LogP contribution in [0.2, 0.25) is 0 Å². The molecular formula is C19H23F2N3O2. The number of guanidine groups is 1. The van der Waals surface area contributed by atoms with Crippen LogP contribution in [0.15, 0.2) is 41.4 Å². The van der Waals surface area contributed by atoms with Crippen molar-refractivity contribution in [2.45, 2.75) is 20.0 Å². The largest absolute Gasteiger partial charge is 0.497 e. The highest BCUT2D eigenvalue weighted by atomic mass is 19.1. The minimum absolute atomic E-state index is 0.0265. The van der Waals surface area contributed by atoms with Gasteiger partial charge in [-0.3, -0.25) is 0 Å². The summed E-state index contributed by atoms with van der Waals surface area (Å²) < 4.78 is 37.5. The maximum absolute atomic E-state index is 13.7. The standard InChI is InChI=1S/C19H23F2N3O2/c1-4-22-19(24-12-14-9-15(20)6-8-17(14)21)23-11-13-5-7-16(25-2)10-18(13)26-3/h5-10H,4,11-12H2,1-3H3,(H2,22,23,24). The molecule has 2 aromatic rings. The first-order chi connectivity index (χ1) is 12.6. The number of aliphatic imine (C=N–C) groups is 1. The summed E-state index contributed by atoms with van der Waals surface area (Å²) in [6, 6.07) is 8.86. The van der Waals surface area contributed by atoms with E-state index in [2.05, 4.69) is 15.6 Å². The summed E-state index contributed by atoms with van der Waals surface area (Å²) in [5, 5.41) is 6.23. The van der Waals surface area contributed by atoms with E-state index in [0.29, 0.717) is 30.5 Å². The molecule has 7 heteroatoms. The highest BCUT2D eigenvalue weighted by Gasteiger charge is 2.07. The predicted molar refractivity (Wildman–Crippen MR) is 97.6 cm³/mol. The van der Waals surface area contributed by atoms with E-state index in [0.717, 1.165) is 23.8 Å².